The lowest BCUT2D eigenvalue weighted by Gasteiger charge is -2.31. The zero-order chi connectivity index (χ0) is 21.7. The van der Waals surface area contributed by atoms with Gasteiger partial charge in [0.15, 0.2) is 0 Å². The summed E-state index contributed by atoms with van der Waals surface area (Å²) in [5.74, 6) is -0.188. The summed E-state index contributed by atoms with van der Waals surface area (Å²) in [4.78, 5) is 34.3. The van der Waals surface area contributed by atoms with Crippen molar-refractivity contribution in [3.05, 3.63) is 68.3 Å². The molecule has 1 aliphatic rings. The van der Waals surface area contributed by atoms with Gasteiger partial charge in [-0.3, -0.25) is 20.2 Å². The first-order chi connectivity index (χ1) is 14.4. The molecule has 0 saturated heterocycles. The molecule has 158 valence electrons. The summed E-state index contributed by atoms with van der Waals surface area (Å²) < 4.78 is 11.6. The third-order valence-corrected chi connectivity index (χ3v) is 5.55. The standard InChI is InChI=1S/C20H20N2O7S/c1-30-17-8-6-16(7-9-17)28-18-4-2-3-5-19(18)29-20(23)13-10-14(21(24)25)12-15(11-13)22(26)27/h6-12,18-19H,2-5H2,1H3/t18-,19-/m1/s1. The van der Waals surface area contributed by atoms with Crippen LogP contribution in [0.4, 0.5) is 11.4 Å². The van der Waals surface area contributed by atoms with Gasteiger partial charge in [0.2, 0.25) is 0 Å². The number of carbonyl (C=O) groups excluding carboxylic acids is 1. The number of hydrogen-bond acceptors (Lipinski definition) is 8. The van der Waals surface area contributed by atoms with Crippen molar-refractivity contribution in [2.45, 2.75) is 42.8 Å². The number of hydrogen-bond donors (Lipinski definition) is 0. The highest BCUT2D eigenvalue weighted by atomic mass is 32.2. The second-order valence-corrected chi connectivity index (χ2v) is 7.69. The number of thioether (sulfide) groups is 1. The van der Waals surface area contributed by atoms with Crippen LogP contribution in [0, 0.1) is 20.2 Å². The first-order valence-corrected chi connectivity index (χ1v) is 10.6. The second kappa shape index (κ2) is 9.57. The van der Waals surface area contributed by atoms with E-state index in [1.165, 1.54) is 0 Å². The fraction of sp³-hybridized carbons (Fsp3) is 0.350. The Morgan fingerprint density at radius 3 is 2.07 bits per heavy atom. The molecule has 0 bridgehead atoms. The van der Waals surface area contributed by atoms with Gasteiger partial charge in [0.1, 0.15) is 18.0 Å². The van der Waals surface area contributed by atoms with Gasteiger partial charge in [0, 0.05) is 17.0 Å². The molecule has 2 atom stereocenters. The van der Waals surface area contributed by atoms with E-state index in [2.05, 4.69) is 0 Å². The van der Waals surface area contributed by atoms with Crippen molar-refractivity contribution in [3.63, 3.8) is 0 Å². The van der Waals surface area contributed by atoms with Crippen LogP contribution in [-0.2, 0) is 4.74 Å². The van der Waals surface area contributed by atoms with Crippen LogP contribution in [0.15, 0.2) is 47.4 Å². The number of nitro groups is 2. The molecule has 10 heteroatoms. The minimum Gasteiger partial charge on any atom is -0.487 e. The van der Waals surface area contributed by atoms with Crippen molar-refractivity contribution < 1.29 is 24.1 Å². The number of ether oxygens (including phenoxy) is 2. The lowest BCUT2D eigenvalue weighted by molar-refractivity contribution is -0.394. The molecule has 0 heterocycles. The van der Waals surface area contributed by atoms with E-state index in [1.54, 1.807) is 11.8 Å². The number of carbonyl (C=O) groups is 1. The predicted octanol–water partition coefficient (Wildman–Crippen LogP) is 4.77. The van der Waals surface area contributed by atoms with Gasteiger partial charge < -0.3 is 9.47 Å². The number of rotatable bonds is 7. The monoisotopic (exact) mass is 432 g/mol. The van der Waals surface area contributed by atoms with Crippen LogP contribution >= 0.6 is 11.8 Å². The smallest absolute Gasteiger partial charge is 0.339 e. The lowest BCUT2D eigenvalue weighted by atomic mass is 9.94. The van der Waals surface area contributed by atoms with Crippen LogP contribution in [0.5, 0.6) is 5.75 Å². The molecule has 0 aliphatic heterocycles. The second-order valence-electron chi connectivity index (χ2n) is 6.81. The van der Waals surface area contributed by atoms with Crippen LogP contribution in [-0.4, -0.2) is 34.3 Å². The molecule has 1 saturated carbocycles. The van der Waals surface area contributed by atoms with Crippen LogP contribution in [0.25, 0.3) is 0 Å². The van der Waals surface area contributed by atoms with E-state index in [0.717, 1.165) is 35.9 Å². The summed E-state index contributed by atoms with van der Waals surface area (Å²) in [6.07, 6.45) is 4.10. The van der Waals surface area contributed by atoms with E-state index in [4.69, 9.17) is 9.47 Å². The van der Waals surface area contributed by atoms with Crippen molar-refractivity contribution in [2.24, 2.45) is 0 Å². The largest absolute Gasteiger partial charge is 0.487 e. The zero-order valence-electron chi connectivity index (χ0n) is 16.2. The third kappa shape index (κ3) is 5.26. The van der Waals surface area contributed by atoms with E-state index >= 15 is 0 Å². The van der Waals surface area contributed by atoms with Gasteiger partial charge in [0.05, 0.1) is 21.5 Å². The molecule has 0 N–H and O–H groups in total. The fourth-order valence-corrected chi connectivity index (χ4v) is 3.70. The molecular weight excluding hydrogens is 412 g/mol. The first kappa shape index (κ1) is 21.6. The molecule has 0 radical (unpaired) electrons. The Balaban J connectivity index is 1.76. The van der Waals surface area contributed by atoms with Crippen molar-refractivity contribution >= 4 is 29.1 Å². The Kier molecular flexibility index (Phi) is 6.88. The summed E-state index contributed by atoms with van der Waals surface area (Å²) in [5, 5.41) is 22.1. The van der Waals surface area contributed by atoms with E-state index in [1.807, 2.05) is 30.5 Å². The summed E-state index contributed by atoms with van der Waals surface area (Å²) in [6.45, 7) is 0. The van der Waals surface area contributed by atoms with Gasteiger partial charge in [-0.1, -0.05) is 0 Å². The molecule has 0 unspecified atom stereocenters. The van der Waals surface area contributed by atoms with Crippen LogP contribution in [0.2, 0.25) is 0 Å². The quantitative estimate of drug-likeness (QED) is 0.265. The fourth-order valence-electron chi connectivity index (χ4n) is 3.29. The number of nitrogens with zero attached hydrogens (tertiary/aromatic N) is 2. The summed E-state index contributed by atoms with van der Waals surface area (Å²) in [6, 6.07) is 10.3. The molecule has 9 nitrogen and oxygen atoms in total. The SMILES string of the molecule is CSc1ccc(O[C@@H]2CCCC[C@H]2OC(=O)c2cc([N+](=O)[O-])cc([N+](=O)[O-])c2)cc1. The number of esters is 1. The molecule has 0 aromatic heterocycles. The molecule has 0 amide bonds. The summed E-state index contributed by atoms with van der Waals surface area (Å²) in [5.41, 5.74) is -1.31. The molecule has 1 fully saturated rings. The van der Waals surface area contributed by atoms with Crippen LogP contribution in [0.3, 0.4) is 0 Å². The van der Waals surface area contributed by atoms with Gasteiger partial charge in [-0.05, 0) is 56.2 Å². The number of nitro benzene ring substituents is 2. The summed E-state index contributed by atoms with van der Waals surface area (Å²) in [7, 11) is 0. The molecular formula is C20H20N2O7S. The van der Waals surface area contributed by atoms with E-state index in [9.17, 15) is 25.0 Å². The summed E-state index contributed by atoms with van der Waals surface area (Å²) >= 11 is 1.62. The number of non-ortho nitro benzene ring substituents is 2. The predicted molar refractivity (Wildman–Crippen MR) is 110 cm³/mol. The first-order valence-electron chi connectivity index (χ1n) is 9.33. The maximum absolute atomic E-state index is 12.6. The van der Waals surface area contributed by atoms with Crippen LogP contribution in [0.1, 0.15) is 36.0 Å². The molecule has 2 aromatic carbocycles. The Morgan fingerprint density at radius 1 is 0.967 bits per heavy atom. The van der Waals surface area contributed by atoms with Gasteiger partial charge in [-0.2, -0.15) is 0 Å². The van der Waals surface area contributed by atoms with Crippen molar-refractivity contribution in [3.8, 4) is 5.75 Å². The average molecular weight is 432 g/mol. The molecule has 30 heavy (non-hydrogen) atoms. The minimum absolute atomic E-state index is 0.232. The highest BCUT2D eigenvalue weighted by Crippen LogP contribution is 2.29. The minimum atomic E-state index is -0.847. The number of benzene rings is 2. The Bertz CT molecular complexity index is 916. The van der Waals surface area contributed by atoms with E-state index < -0.39 is 33.3 Å². The van der Waals surface area contributed by atoms with Crippen molar-refractivity contribution in [1.82, 2.24) is 0 Å². The zero-order valence-corrected chi connectivity index (χ0v) is 17.0. The maximum Gasteiger partial charge on any atom is 0.339 e. The van der Waals surface area contributed by atoms with Gasteiger partial charge in [-0.25, -0.2) is 4.79 Å². The van der Waals surface area contributed by atoms with Crippen molar-refractivity contribution in [2.75, 3.05) is 6.26 Å². The highest BCUT2D eigenvalue weighted by Gasteiger charge is 2.31. The topological polar surface area (TPSA) is 122 Å². The average Bonchev–Trinajstić information content (AvgIpc) is 2.75. The molecule has 0 spiro atoms. The van der Waals surface area contributed by atoms with Gasteiger partial charge >= 0.3 is 5.97 Å². The Hall–Kier alpha value is -3.14. The Morgan fingerprint density at radius 2 is 1.53 bits per heavy atom. The third-order valence-electron chi connectivity index (χ3n) is 4.81. The normalized spacial score (nSPS) is 18.4. The van der Waals surface area contributed by atoms with Gasteiger partial charge in [0.25, 0.3) is 11.4 Å². The Labute approximate surface area is 176 Å². The highest BCUT2D eigenvalue weighted by molar-refractivity contribution is 7.98. The van der Waals surface area contributed by atoms with E-state index in [-0.39, 0.29) is 11.7 Å². The maximum atomic E-state index is 12.6. The molecule has 2 aromatic rings. The van der Waals surface area contributed by atoms with Gasteiger partial charge in [-0.15, -0.1) is 11.8 Å². The molecule has 3 rings (SSSR count). The molecule has 1 aliphatic carbocycles. The lowest BCUT2D eigenvalue weighted by Crippen LogP contribution is -2.38. The van der Waals surface area contributed by atoms with Crippen molar-refractivity contribution in [1.29, 1.82) is 0 Å². The van der Waals surface area contributed by atoms with E-state index in [0.29, 0.717) is 18.6 Å². The van der Waals surface area contributed by atoms with Crippen LogP contribution < -0.4 is 4.74 Å².